The molecule has 142 valence electrons. The monoisotopic (exact) mass is 367 g/mol. The predicted molar refractivity (Wildman–Crippen MR) is 102 cm³/mol. The molecule has 1 aromatic heterocycles. The highest BCUT2D eigenvalue weighted by Crippen LogP contribution is 2.25. The molecule has 3 amide bonds. The van der Waals surface area contributed by atoms with Gasteiger partial charge in [-0.2, -0.15) is 0 Å². The first kappa shape index (κ1) is 17.6. The van der Waals surface area contributed by atoms with E-state index in [4.69, 9.17) is 4.42 Å². The Morgan fingerprint density at radius 3 is 2.33 bits per heavy atom. The minimum Gasteiger partial charge on any atom is -0.459 e. The van der Waals surface area contributed by atoms with Gasteiger partial charge in [-0.15, -0.1) is 0 Å². The van der Waals surface area contributed by atoms with Crippen molar-refractivity contribution in [3.8, 4) is 0 Å². The number of hydrogen-bond donors (Lipinski definition) is 1. The summed E-state index contributed by atoms with van der Waals surface area (Å²) in [7, 11) is 1.88. The van der Waals surface area contributed by atoms with Gasteiger partial charge in [0.05, 0.1) is 6.26 Å². The topological polar surface area (TPSA) is 65.8 Å². The maximum atomic E-state index is 12.7. The molecule has 0 spiro atoms. The van der Waals surface area contributed by atoms with E-state index in [0.717, 1.165) is 25.7 Å². The Balaban J connectivity index is 1.27. The van der Waals surface area contributed by atoms with E-state index >= 15 is 0 Å². The molecule has 1 aromatic carbocycles. The van der Waals surface area contributed by atoms with Crippen molar-refractivity contribution >= 4 is 11.9 Å². The van der Waals surface area contributed by atoms with Crippen LogP contribution in [0.25, 0.3) is 0 Å². The Morgan fingerprint density at radius 1 is 1.07 bits per heavy atom. The SMILES string of the molecule is CN(C(=O)NC1CCN(C(=O)c2ccco2)CC1)C1Cc2ccccc2C1. The number of furan rings is 1. The fourth-order valence-corrected chi connectivity index (χ4v) is 4.03. The third-order valence-corrected chi connectivity index (χ3v) is 5.74. The van der Waals surface area contributed by atoms with Crippen LogP contribution in [0.1, 0.15) is 34.5 Å². The Morgan fingerprint density at radius 2 is 1.74 bits per heavy atom. The fraction of sp³-hybridized carbons (Fsp3) is 0.429. The van der Waals surface area contributed by atoms with E-state index in [1.807, 2.05) is 11.9 Å². The van der Waals surface area contributed by atoms with E-state index < -0.39 is 0 Å². The largest absolute Gasteiger partial charge is 0.459 e. The summed E-state index contributed by atoms with van der Waals surface area (Å²) in [5.74, 6) is 0.295. The summed E-state index contributed by atoms with van der Waals surface area (Å²) in [5, 5.41) is 3.14. The average Bonchev–Trinajstić information content (AvgIpc) is 3.37. The zero-order valence-corrected chi connectivity index (χ0v) is 15.6. The molecule has 2 heterocycles. The van der Waals surface area contributed by atoms with Gasteiger partial charge < -0.3 is 19.5 Å². The fourth-order valence-electron chi connectivity index (χ4n) is 4.03. The molecule has 1 aliphatic carbocycles. The third-order valence-electron chi connectivity index (χ3n) is 5.74. The van der Waals surface area contributed by atoms with Gasteiger partial charge in [-0.25, -0.2) is 4.79 Å². The zero-order chi connectivity index (χ0) is 18.8. The highest BCUT2D eigenvalue weighted by atomic mass is 16.3. The number of piperidine rings is 1. The van der Waals surface area contributed by atoms with Crippen molar-refractivity contribution in [3.63, 3.8) is 0 Å². The number of carbonyl (C=O) groups excluding carboxylic acids is 2. The van der Waals surface area contributed by atoms with E-state index in [-0.39, 0.29) is 24.0 Å². The van der Waals surface area contributed by atoms with Gasteiger partial charge in [0.2, 0.25) is 0 Å². The number of hydrogen-bond acceptors (Lipinski definition) is 3. The number of amides is 3. The lowest BCUT2D eigenvalue weighted by atomic mass is 10.0. The number of nitrogens with zero attached hydrogens (tertiary/aromatic N) is 2. The van der Waals surface area contributed by atoms with E-state index in [2.05, 4.69) is 29.6 Å². The van der Waals surface area contributed by atoms with Crippen LogP contribution in [0.2, 0.25) is 0 Å². The molecule has 0 bridgehead atoms. The predicted octanol–water partition coefficient (Wildman–Crippen LogP) is 2.69. The summed E-state index contributed by atoms with van der Waals surface area (Å²) in [6.07, 6.45) is 4.86. The first-order valence-corrected chi connectivity index (χ1v) is 9.54. The maximum Gasteiger partial charge on any atom is 0.317 e. The van der Waals surface area contributed by atoms with Crippen molar-refractivity contribution in [2.45, 2.75) is 37.8 Å². The Bertz CT molecular complexity index is 785. The number of benzene rings is 1. The second kappa shape index (κ2) is 7.47. The Hall–Kier alpha value is -2.76. The summed E-state index contributed by atoms with van der Waals surface area (Å²) in [4.78, 5) is 28.6. The van der Waals surface area contributed by atoms with Gasteiger partial charge in [-0.3, -0.25) is 4.79 Å². The van der Waals surface area contributed by atoms with Crippen LogP contribution in [0.3, 0.4) is 0 Å². The smallest absolute Gasteiger partial charge is 0.317 e. The lowest BCUT2D eigenvalue weighted by molar-refractivity contribution is 0.0674. The van der Waals surface area contributed by atoms with Gasteiger partial charge >= 0.3 is 6.03 Å². The van der Waals surface area contributed by atoms with Gasteiger partial charge in [0, 0.05) is 32.2 Å². The molecule has 1 fully saturated rings. The van der Waals surface area contributed by atoms with E-state index in [0.29, 0.717) is 18.8 Å². The van der Waals surface area contributed by atoms with Crippen LogP contribution >= 0.6 is 0 Å². The number of rotatable bonds is 3. The molecule has 6 nitrogen and oxygen atoms in total. The number of fused-ring (bicyclic) bond motifs is 1. The van der Waals surface area contributed by atoms with Crippen molar-refractivity contribution in [2.75, 3.05) is 20.1 Å². The molecule has 0 atom stereocenters. The van der Waals surface area contributed by atoms with Crippen molar-refractivity contribution in [1.82, 2.24) is 15.1 Å². The number of urea groups is 1. The zero-order valence-electron chi connectivity index (χ0n) is 15.6. The normalized spacial score (nSPS) is 17.6. The molecule has 4 rings (SSSR count). The molecule has 1 aliphatic heterocycles. The molecule has 0 saturated carbocycles. The van der Waals surface area contributed by atoms with Crippen LogP contribution < -0.4 is 5.32 Å². The first-order valence-electron chi connectivity index (χ1n) is 9.54. The minimum absolute atomic E-state index is 0.0244. The van der Waals surface area contributed by atoms with E-state index in [1.54, 1.807) is 17.0 Å². The highest BCUT2D eigenvalue weighted by molar-refractivity contribution is 5.91. The van der Waals surface area contributed by atoms with Crippen molar-refractivity contribution in [2.24, 2.45) is 0 Å². The lowest BCUT2D eigenvalue weighted by Gasteiger charge is -2.33. The van der Waals surface area contributed by atoms with Crippen LogP contribution in [0.15, 0.2) is 47.1 Å². The molecular formula is C21H25N3O3. The summed E-state index contributed by atoms with van der Waals surface area (Å²) in [6, 6.07) is 12.1. The third kappa shape index (κ3) is 3.70. The molecule has 2 aliphatic rings. The first-order chi connectivity index (χ1) is 13.1. The molecule has 1 N–H and O–H groups in total. The summed E-state index contributed by atoms with van der Waals surface area (Å²) in [6.45, 7) is 1.26. The lowest BCUT2D eigenvalue weighted by Crippen LogP contribution is -2.51. The van der Waals surface area contributed by atoms with Crippen LogP contribution in [0.5, 0.6) is 0 Å². The standard InChI is InChI=1S/C21H25N3O3/c1-23(18-13-15-5-2-3-6-16(15)14-18)21(26)22-17-8-10-24(11-9-17)20(25)19-7-4-12-27-19/h2-7,12,17-18H,8-11,13-14H2,1H3,(H,22,26). The molecule has 0 radical (unpaired) electrons. The van der Waals surface area contributed by atoms with Gasteiger partial charge in [-0.1, -0.05) is 24.3 Å². The molecule has 27 heavy (non-hydrogen) atoms. The number of likely N-dealkylation sites (tertiary alicyclic amines) is 1. The molecule has 6 heteroatoms. The number of nitrogens with one attached hydrogen (secondary N) is 1. The van der Waals surface area contributed by atoms with Crippen molar-refractivity contribution in [1.29, 1.82) is 0 Å². The molecule has 1 saturated heterocycles. The van der Waals surface area contributed by atoms with Crippen LogP contribution in [-0.4, -0.2) is 54.0 Å². The van der Waals surface area contributed by atoms with E-state index in [1.165, 1.54) is 17.4 Å². The van der Waals surface area contributed by atoms with Crippen molar-refractivity contribution in [3.05, 3.63) is 59.5 Å². The molecule has 0 unspecified atom stereocenters. The second-order valence-corrected chi connectivity index (χ2v) is 7.43. The van der Waals surface area contributed by atoms with Gasteiger partial charge in [-0.05, 0) is 48.9 Å². The van der Waals surface area contributed by atoms with Crippen molar-refractivity contribution < 1.29 is 14.0 Å². The van der Waals surface area contributed by atoms with Gasteiger partial charge in [0.15, 0.2) is 5.76 Å². The summed E-state index contributed by atoms with van der Waals surface area (Å²) < 4.78 is 5.19. The summed E-state index contributed by atoms with van der Waals surface area (Å²) in [5.41, 5.74) is 2.68. The minimum atomic E-state index is -0.0781. The van der Waals surface area contributed by atoms with Crippen LogP contribution in [-0.2, 0) is 12.8 Å². The van der Waals surface area contributed by atoms with Gasteiger partial charge in [0.1, 0.15) is 0 Å². The van der Waals surface area contributed by atoms with E-state index in [9.17, 15) is 9.59 Å². The second-order valence-electron chi connectivity index (χ2n) is 7.43. The number of carbonyl (C=O) groups is 2. The maximum absolute atomic E-state index is 12.7. The van der Waals surface area contributed by atoms with Crippen LogP contribution in [0.4, 0.5) is 4.79 Å². The van der Waals surface area contributed by atoms with Gasteiger partial charge in [0.25, 0.3) is 5.91 Å². The average molecular weight is 367 g/mol. The molecule has 2 aromatic rings. The number of likely N-dealkylation sites (N-methyl/N-ethyl adjacent to an activating group) is 1. The summed E-state index contributed by atoms with van der Waals surface area (Å²) >= 11 is 0. The molecular weight excluding hydrogens is 342 g/mol. The Labute approximate surface area is 159 Å². The quantitative estimate of drug-likeness (QED) is 0.907. The highest BCUT2D eigenvalue weighted by Gasteiger charge is 2.30. The van der Waals surface area contributed by atoms with Crippen LogP contribution in [0, 0.1) is 0 Å². The Kier molecular flexibility index (Phi) is 4.88.